The third-order valence-corrected chi connectivity index (χ3v) is 15.1. The molecule has 1 heterocycles. The Morgan fingerprint density at radius 1 is 0.365 bits per heavy atom. The van der Waals surface area contributed by atoms with Crippen LogP contribution in [0.25, 0.3) is 56.3 Å². The molecule has 2 nitrogen and oxygen atoms in total. The van der Waals surface area contributed by atoms with Gasteiger partial charge in [0, 0.05) is 69.3 Å². The Kier molecular flexibility index (Phi) is 10.1. The van der Waals surface area contributed by atoms with Crippen molar-refractivity contribution in [2.45, 2.75) is 10.8 Å². The number of hydrogen-bond donors (Lipinski definition) is 0. The lowest BCUT2D eigenvalue weighted by atomic mass is 9.67. The Bertz CT molecular complexity index is 3900. The zero-order chi connectivity index (χ0) is 50.6. The summed E-state index contributed by atoms with van der Waals surface area (Å²) < 4.78 is 104. The van der Waals surface area contributed by atoms with Crippen molar-refractivity contribution in [2.24, 2.45) is 0 Å². The number of rotatable bonds is 9. The molecule has 0 radical (unpaired) electrons. The molecule has 10 aromatic carbocycles. The summed E-state index contributed by atoms with van der Waals surface area (Å²) in [6.07, 6.45) is 3.36. The zero-order valence-electron chi connectivity index (χ0n) is 39.2. The summed E-state index contributed by atoms with van der Waals surface area (Å²) >= 11 is 0. The van der Waals surface area contributed by atoms with Crippen LogP contribution in [0.1, 0.15) is 55.6 Å². The summed E-state index contributed by atoms with van der Waals surface area (Å²) in [6.45, 7) is 7.86. The van der Waals surface area contributed by atoms with E-state index in [1.165, 1.54) is 0 Å². The molecule has 0 aliphatic heterocycles. The van der Waals surface area contributed by atoms with Gasteiger partial charge in [-0.1, -0.05) is 153 Å². The number of anilines is 3. The topological polar surface area (TPSA) is 16.4 Å². The molecule has 0 amide bonds. The summed E-state index contributed by atoms with van der Waals surface area (Å²) in [5.41, 5.74) is 6.59. The molecule has 2 atom stereocenters. The van der Waals surface area contributed by atoms with Gasteiger partial charge in [-0.2, -0.15) is 0 Å². The standard InChI is InChI=1S/C66H39F6NO/c1-3-38-17-21-40(22-18-38)65(63-57(69)31-42(67)32-58(63)70)53-14-8-5-11-47(53)49-28-25-44(35-55(49)65)73(46-27-30-52-51-13-7-10-16-61(51)74-62(52)37-46)45-26-29-50-48-12-6-9-15-54(48)66(56(50)36-45,41-23-19-39(4-2)20-24-41)64-59(71)33-43(68)34-60(64)72/h3-37H,1-2H2. The van der Waals surface area contributed by atoms with E-state index in [-0.39, 0.29) is 11.1 Å². The van der Waals surface area contributed by atoms with Crippen LogP contribution in [0.5, 0.6) is 0 Å². The van der Waals surface area contributed by atoms with Crippen LogP contribution in [-0.4, -0.2) is 0 Å². The summed E-state index contributed by atoms with van der Waals surface area (Å²) in [4.78, 5) is 1.98. The Labute approximate surface area is 422 Å². The normalized spacial score (nSPS) is 16.2. The van der Waals surface area contributed by atoms with E-state index in [1.54, 1.807) is 12.2 Å². The minimum Gasteiger partial charge on any atom is -0.456 e. The highest BCUT2D eigenvalue weighted by Crippen LogP contribution is 2.61. The molecule has 13 rings (SSSR count). The van der Waals surface area contributed by atoms with Gasteiger partial charge in [0.1, 0.15) is 46.1 Å². The van der Waals surface area contributed by atoms with Gasteiger partial charge >= 0.3 is 0 Å². The van der Waals surface area contributed by atoms with Gasteiger partial charge in [-0.15, -0.1) is 0 Å². The van der Waals surface area contributed by atoms with Gasteiger partial charge in [-0.25, -0.2) is 26.3 Å². The van der Waals surface area contributed by atoms with Gasteiger partial charge in [-0.3, -0.25) is 0 Å². The first-order valence-electron chi connectivity index (χ1n) is 24.0. The first kappa shape index (κ1) is 44.8. The summed E-state index contributed by atoms with van der Waals surface area (Å²) in [5.74, 6) is -6.36. The van der Waals surface area contributed by atoms with Crippen molar-refractivity contribution in [1.29, 1.82) is 0 Å². The lowest BCUT2D eigenvalue weighted by molar-refractivity contribution is 0.502. The van der Waals surface area contributed by atoms with Crippen molar-refractivity contribution < 1.29 is 30.8 Å². The minimum atomic E-state index is -1.66. The van der Waals surface area contributed by atoms with E-state index in [0.29, 0.717) is 97.0 Å². The second-order valence-corrected chi connectivity index (χ2v) is 18.8. The maximum Gasteiger partial charge on any atom is 0.137 e. The van der Waals surface area contributed by atoms with E-state index in [4.69, 9.17) is 4.42 Å². The average Bonchev–Trinajstić information content (AvgIpc) is 4.05. The van der Waals surface area contributed by atoms with Crippen LogP contribution >= 0.6 is 0 Å². The van der Waals surface area contributed by atoms with Gasteiger partial charge in [-0.05, 0) is 109 Å². The molecule has 74 heavy (non-hydrogen) atoms. The van der Waals surface area contributed by atoms with Crippen molar-refractivity contribution in [1.82, 2.24) is 0 Å². The molecule has 0 saturated heterocycles. The number of furan rings is 1. The highest BCUT2D eigenvalue weighted by molar-refractivity contribution is 6.06. The van der Waals surface area contributed by atoms with Crippen LogP contribution in [0, 0.1) is 34.9 Å². The third-order valence-electron chi connectivity index (χ3n) is 15.1. The molecule has 2 unspecified atom stereocenters. The van der Waals surface area contributed by atoms with E-state index in [2.05, 4.69) is 13.2 Å². The molecule has 356 valence electrons. The van der Waals surface area contributed by atoms with Crippen LogP contribution in [0.15, 0.2) is 218 Å². The van der Waals surface area contributed by atoms with Crippen LogP contribution < -0.4 is 4.90 Å². The minimum absolute atomic E-state index is 0.352. The number of para-hydroxylation sites is 1. The maximum atomic E-state index is 17.0. The first-order chi connectivity index (χ1) is 36.0. The molecular formula is C66H39F6NO. The highest BCUT2D eigenvalue weighted by atomic mass is 19.2. The Balaban J connectivity index is 1.13. The Morgan fingerprint density at radius 2 is 0.757 bits per heavy atom. The van der Waals surface area contributed by atoms with Crippen LogP contribution in [0.2, 0.25) is 0 Å². The third kappa shape index (κ3) is 6.34. The second kappa shape index (κ2) is 16.7. The number of nitrogens with zero attached hydrogens (tertiary/aromatic N) is 1. The summed E-state index contributed by atoms with van der Waals surface area (Å²) in [7, 11) is 0. The quantitative estimate of drug-likeness (QED) is 0.134. The van der Waals surface area contributed by atoms with Gasteiger partial charge < -0.3 is 9.32 Å². The van der Waals surface area contributed by atoms with Gasteiger partial charge in [0.05, 0.1) is 10.8 Å². The van der Waals surface area contributed by atoms with Crippen molar-refractivity contribution in [3.05, 3.63) is 304 Å². The fraction of sp³-hybridized carbons (Fsp3) is 0.0303. The van der Waals surface area contributed by atoms with Crippen LogP contribution in [0.3, 0.4) is 0 Å². The molecule has 0 spiro atoms. The molecule has 2 aliphatic rings. The molecule has 0 bridgehead atoms. The predicted octanol–water partition coefficient (Wildman–Crippen LogP) is 17.9. The van der Waals surface area contributed by atoms with Crippen molar-refractivity contribution in [2.75, 3.05) is 4.90 Å². The molecule has 8 heteroatoms. The molecule has 1 aromatic heterocycles. The van der Waals surface area contributed by atoms with E-state index in [0.717, 1.165) is 33.0 Å². The molecular weight excluding hydrogens is 937 g/mol. The predicted molar refractivity (Wildman–Crippen MR) is 283 cm³/mol. The fourth-order valence-electron chi connectivity index (χ4n) is 12.1. The largest absolute Gasteiger partial charge is 0.456 e. The first-order valence-corrected chi connectivity index (χ1v) is 24.0. The van der Waals surface area contributed by atoms with Gasteiger partial charge in [0.15, 0.2) is 0 Å². The Hall–Kier alpha value is -9.14. The van der Waals surface area contributed by atoms with Crippen molar-refractivity contribution in [3.63, 3.8) is 0 Å². The summed E-state index contributed by atoms with van der Waals surface area (Å²) in [5, 5.41) is 1.78. The molecule has 0 fully saturated rings. The molecule has 0 N–H and O–H groups in total. The van der Waals surface area contributed by atoms with Gasteiger partial charge in [0.25, 0.3) is 0 Å². The maximum absolute atomic E-state index is 17.0. The van der Waals surface area contributed by atoms with Crippen LogP contribution in [-0.2, 0) is 10.8 Å². The van der Waals surface area contributed by atoms with E-state index in [1.807, 2.05) is 181 Å². The lowest BCUT2D eigenvalue weighted by Crippen LogP contribution is -2.32. The number of benzene rings is 10. The van der Waals surface area contributed by atoms with E-state index < -0.39 is 45.7 Å². The number of hydrogen-bond acceptors (Lipinski definition) is 2. The van der Waals surface area contributed by atoms with Crippen molar-refractivity contribution >= 4 is 51.2 Å². The van der Waals surface area contributed by atoms with E-state index >= 15 is 26.3 Å². The number of fused-ring (bicyclic) bond motifs is 9. The Morgan fingerprint density at radius 3 is 1.23 bits per heavy atom. The molecule has 0 saturated carbocycles. The number of halogens is 6. The van der Waals surface area contributed by atoms with Crippen molar-refractivity contribution in [3.8, 4) is 22.3 Å². The second-order valence-electron chi connectivity index (χ2n) is 18.8. The highest BCUT2D eigenvalue weighted by Gasteiger charge is 2.51. The monoisotopic (exact) mass is 975 g/mol. The average molecular weight is 976 g/mol. The summed E-state index contributed by atoms with van der Waals surface area (Å²) in [6, 6.07) is 57.4. The van der Waals surface area contributed by atoms with Crippen LogP contribution in [0.4, 0.5) is 43.4 Å². The van der Waals surface area contributed by atoms with Gasteiger partial charge in [0.2, 0.25) is 0 Å². The molecule has 2 aliphatic carbocycles. The fourth-order valence-corrected chi connectivity index (χ4v) is 12.1. The lowest BCUT2D eigenvalue weighted by Gasteiger charge is -2.36. The smallest absolute Gasteiger partial charge is 0.137 e. The zero-order valence-corrected chi connectivity index (χ0v) is 39.2. The van der Waals surface area contributed by atoms with E-state index in [9.17, 15) is 0 Å². The molecule has 11 aromatic rings. The SMILES string of the molecule is C=Cc1ccc(C2(c3c(F)cc(F)cc3F)c3ccccc3-c3ccc(N(c4ccc5c(c4)C(c4ccc(C=C)cc4)(c4c(F)cc(F)cc4F)c4ccccc4-5)c4ccc5c(c4)oc4ccccc45)cc32)cc1.